The average molecular weight is 368 g/mol. The van der Waals surface area contributed by atoms with Crippen LogP contribution in [-0.4, -0.2) is 39.8 Å². The minimum atomic E-state index is -0.623. The van der Waals surface area contributed by atoms with Gasteiger partial charge in [0.05, 0.1) is 13.2 Å². The summed E-state index contributed by atoms with van der Waals surface area (Å²) in [7, 11) is 0. The van der Waals surface area contributed by atoms with Crippen molar-refractivity contribution in [1.29, 1.82) is 0 Å². The average Bonchev–Trinajstić information content (AvgIpc) is 3.07. The molecule has 3 rings (SSSR count). The van der Waals surface area contributed by atoms with Crippen LogP contribution in [0.1, 0.15) is 46.0 Å². The zero-order chi connectivity index (χ0) is 19.4. The third-order valence-corrected chi connectivity index (χ3v) is 3.97. The number of nitrogens with two attached hydrogens (primary N) is 1. The van der Waals surface area contributed by atoms with Crippen molar-refractivity contribution in [1.82, 2.24) is 14.6 Å². The van der Waals surface area contributed by atoms with Gasteiger partial charge in [0.2, 0.25) is 0 Å². The van der Waals surface area contributed by atoms with Crippen molar-refractivity contribution >= 4 is 23.4 Å². The Labute approximate surface area is 155 Å². The van der Waals surface area contributed by atoms with Gasteiger partial charge in [-0.05, 0) is 25.5 Å². The van der Waals surface area contributed by atoms with E-state index < -0.39 is 11.9 Å². The molecule has 0 aliphatic rings. The summed E-state index contributed by atoms with van der Waals surface area (Å²) in [5.41, 5.74) is 7.64. The number of fused-ring (bicyclic) bond motifs is 1. The van der Waals surface area contributed by atoms with Gasteiger partial charge < -0.3 is 15.2 Å². The van der Waals surface area contributed by atoms with Crippen molar-refractivity contribution in [2.75, 3.05) is 18.9 Å². The number of rotatable bonds is 6. The molecule has 0 aliphatic heterocycles. The number of nitrogen functional groups attached to an aromatic ring is 1. The number of pyridine rings is 1. The number of carbonyl (C=O) groups is 2. The predicted molar refractivity (Wildman–Crippen MR) is 98.6 cm³/mol. The number of hydrogen-bond donors (Lipinski definition) is 1. The van der Waals surface area contributed by atoms with Gasteiger partial charge in [0, 0.05) is 6.42 Å². The predicted octanol–water partition coefficient (Wildman–Crippen LogP) is 2.26. The first-order valence-corrected chi connectivity index (χ1v) is 8.61. The van der Waals surface area contributed by atoms with Gasteiger partial charge in [-0.15, -0.1) is 10.2 Å². The lowest BCUT2D eigenvalue weighted by molar-refractivity contribution is 0.0526. The van der Waals surface area contributed by atoms with Gasteiger partial charge >= 0.3 is 11.9 Å². The standard InChI is InChI=1S/C19H20N4O4/c1-3-26-18(24)13-11-14(19(25)27-4-2)17-22-21-15(23(17)16(13)20)10-12-8-6-5-7-9-12/h5-9,11H,3-4,10,20H2,1-2H3. The maximum Gasteiger partial charge on any atom is 0.342 e. The Balaban J connectivity index is 2.19. The van der Waals surface area contributed by atoms with E-state index in [-0.39, 0.29) is 35.8 Å². The molecule has 1 aromatic carbocycles. The first-order valence-electron chi connectivity index (χ1n) is 8.61. The molecule has 0 saturated heterocycles. The van der Waals surface area contributed by atoms with Crippen LogP contribution in [0.2, 0.25) is 0 Å². The number of ether oxygens (including phenoxy) is 2. The fourth-order valence-electron chi connectivity index (χ4n) is 2.77. The Hall–Kier alpha value is -3.42. The Kier molecular flexibility index (Phi) is 5.35. The second-order valence-corrected chi connectivity index (χ2v) is 5.74. The summed E-state index contributed by atoms with van der Waals surface area (Å²) in [6.07, 6.45) is 0.431. The highest BCUT2D eigenvalue weighted by atomic mass is 16.5. The maximum absolute atomic E-state index is 12.4. The Morgan fingerprint density at radius 3 is 2.26 bits per heavy atom. The van der Waals surface area contributed by atoms with Gasteiger partial charge in [-0.3, -0.25) is 4.40 Å². The molecule has 0 aliphatic carbocycles. The van der Waals surface area contributed by atoms with Crippen LogP contribution >= 0.6 is 0 Å². The monoisotopic (exact) mass is 368 g/mol. The zero-order valence-electron chi connectivity index (χ0n) is 15.1. The van der Waals surface area contributed by atoms with Crippen LogP contribution in [-0.2, 0) is 15.9 Å². The molecule has 8 heteroatoms. The van der Waals surface area contributed by atoms with Crippen LogP contribution in [0.15, 0.2) is 36.4 Å². The summed E-state index contributed by atoms with van der Waals surface area (Å²) in [6, 6.07) is 11.0. The largest absolute Gasteiger partial charge is 0.462 e. The van der Waals surface area contributed by atoms with E-state index in [1.165, 1.54) is 10.5 Å². The molecule has 27 heavy (non-hydrogen) atoms. The maximum atomic E-state index is 12.4. The number of benzene rings is 1. The molecular formula is C19H20N4O4. The van der Waals surface area contributed by atoms with Crippen LogP contribution in [0, 0.1) is 0 Å². The van der Waals surface area contributed by atoms with Crippen molar-refractivity contribution in [2.24, 2.45) is 0 Å². The number of nitrogens with zero attached hydrogens (tertiary/aromatic N) is 3. The molecule has 2 aromatic heterocycles. The third kappa shape index (κ3) is 3.59. The SMILES string of the molecule is CCOC(=O)c1cc(C(=O)OCC)c2nnc(Cc3ccccc3)n2c1N. The minimum absolute atomic E-state index is 0.0708. The zero-order valence-corrected chi connectivity index (χ0v) is 15.1. The van der Waals surface area contributed by atoms with Crippen molar-refractivity contribution in [3.63, 3.8) is 0 Å². The number of anilines is 1. The van der Waals surface area contributed by atoms with Crippen LogP contribution < -0.4 is 5.73 Å². The van der Waals surface area contributed by atoms with E-state index in [4.69, 9.17) is 15.2 Å². The molecule has 0 radical (unpaired) electrons. The van der Waals surface area contributed by atoms with Gasteiger partial charge in [0.1, 0.15) is 22.8 Å². The molecule has 3 aromatic rings. The molecule has 2 heterocycles. The fourth-order valence-corrected chi connectivity index (χ4v) is 2.77. The Bertz CT molecular complexity index is 982. The molecule has 0 saturated carbocycles. The first kappa shape index (κ1) is 18.4. The Morgan fingerprint density at radius 2 is 1.63 bits per heavy atom. The summed E-state index contributed by atoms with van der Waals surface area (Å²) in [6.45, 7) is 3.76. The van der Waals surface area contributed by atoms with Crippen molar-refractivity contribution in [2.45, 2.75) is 20.3 Å². The van der Waals surface area contributed by atoms with E-state index in [9.17, 15) is 9.59 Å². The topological polar surface area (TPSA) is 109 Å². The third-order valence-electron chi connectivity index (χ3n) is 3.97. The molecule has 0 atom stereocenters. The minimum Gasteiger partial charge on any atom is -0.462 e. The molecule has 0 bridgehead atoms. The lowest BCUT2D eigenvalue weighted by Gasteiger charge is -2.12. The number of esters is 2. The highest BCUT2D eigenvalue weighted by Crippen LogP contribution is 2.23. The van der Waals surface area contributed by atoms with Gasteiger partial charge in [0.25, 0.3) is 0 Å². The van der Waals surface area contributed by atoms with E-state index in [0.717, 1.165) is 5.56 Å². The highest BCUT2D eigenvalue weighted by molar-refractivity contribution is 6.02. The van der Waals surface area contributed by atoms with E-state index >= 15 is 0 Å². The lowest BCUT2D eigenvalue weighted by Crippen LogP contribution is -2.16. The first-order chi connectivity index (χ1) is 13.1. The van der Waals surface area contributed by atoms with Crippen LogP contribution in [0.3, 0.4) is 0 Å². The summed E-state index contributed by atoms with van der Waals surface area (Å²) < 4.78 is 11.7. The summed E-state index contributed by atoms with van der Waals surface area (Å²) in [5, 5.41) is 8.28. The molecule has 2 N–H and O–H groups in total. The van der Waals surface area contributed by atoms with Gasteiger partial charge in [0.15, 0.2) is 5.65 Å². The summed E-state index contributed by atoms with van der Waals surface area (Å²) >= 11 is 0. The normalized spacial score (nSPS) is 10.7. The van der Waals surface area contributed by atoms with Crippen LogP contribution in [0.4, 0.5) is 5.82 Å². The van der Waals surface area contributed by atoms with Gasteiger partial charge in [-0.2, -0.15) is 0 Å². The molecule has 0 fully saturated rings. The van der Waals surface area contributed by atoms with Gasteiger partial charge in [-0.25, -0.2) is 9.59 Å². The number of carbonyl (C=O) groups excluding carboxylic acids is 2. The molecule has 140 valence electrons. The summed E-state index contributed by atoms with van der Waals surface area (Å²) in [5.74, 6) is -0.605. The van der Waals surface area contributed by atoms with Crippen LogP contribution in [0.25, 0.3) is 5.65 Å². The lowest BCUT2D eigenvalue weighted by atomic mass is 10.1. The smallest absolute Gasteiger partial charge is 0.342 e. The molecule has 0 amide bonds. The van der Waals surface area contributed by atoms with E-state index in [0.29, 0.717) is 12.2 Å². The van der Waals surface area contributed by atoms with E-state index in [1.54, 1.807) is 13.8 Å². The van der Waals surface area contributed by atoms with Crippen LogP contribution in [0.5, 0.6) is 0 Å². The Morgan fingerprint density at radius 1 is 1.00 bits per heavy atom. The van der Waals surface area contributed by atoms with E-state index in [1.807, 2.05) is 30.3 Å². The second kappa shape index (κ2) is 7.86. The highest BCUT2D eigenvalue weighted by Gasteiger charge is 2.24. The van der Waals surface area contributed by atoms with E-state index in [2.05, 4.69) is 10.2 Å². The van der Waals surface area contributed by atoms with Crippen molar-refractivity contribution in [3.05, 3.63) is 58.9 Å². The molecular weight excluding hydrogens is 348 g/mol. The fraction of sp³-hybridized carbons (Fsp3) is 0.263. The number of aromatic nitrogens is 3. The van der Waals surface area contributed by atoms with Crippen molar-refractivity contribution < 1.29 is 19.1 Å². The number of hydrogen-bond acceptors (Lipinski definition) is 7. The summed E-state index contributed by atoms with van der Waals surface area (Å²) in [4.78, 5) is 24.7. The second-order valence-electron chi connectivity index (χ2n) is 5.74. The van der Waals surface area contributed by atoms with Crippen molar-refractivity contribution in [3.8, 4) is 0 Å². The van der Waals surface area contributed by atoms with Gasteiger partial charge in [-0.1, -0.05) is 30.3 Å². The molecule has 8 nitrogen and oxygen atoms in total. The molecule has 0 unspecified atom stereocenters. The molecule has 0 spiro atoms. The quantitative estimate of drug-likeness (QED) is 0.665.